The van der Waals surface area contributed by atoms with Crippen LogP contribution in [-0.2, 0) is 14.3 Å². The van der Waals surface area contributed by atoms with Crippen LogP contribution >= 0.6 is 0 Å². The molecule has 0 spiro atoms. The first-order chi connectivity index (χ1) is 14.4. The van der Waals surface area contributed by atoms with Crippen molar-refractivity contribution in [3.8, 4) is 0 Å². The number of ether oxygens (including phenoxy) is 1. The summed E-state index contributed by atoms with van der Waals surface area (Å²) >= 11 is 0. The molecule has 0 radical (unpaired) electrons. The number of esters is 1. The molecule has 0 aliphatic carbocycles. The Kier molecular flexibility index (Phi) is 6.46. The number of amides is 3. The second-order valence-corrected chi connectivity index (χ2v) is 7.06. The zero-order chi connectivity index (χ0) is 21.7. The molecule has 2 aromatic rings. The molecule has 8 nitrogen and oxygen atoms in total. The smallest absolute Gasteiger partial charge is 0.306 e. The molecule has 156 valence electrons. The van der Waals surface area contributed by atoms with E-state index < -0.39 is 18.5 Å². The van der Waals surface area contributed by atoms with E-state index in [0.717, 1.165) is 10.6 Å². The van der Waals surface area contributed by atoms with Crippen LogP contribution in [0.25, 0.3) is 0 Å². The highest BCUT2D eigenvalue weighted by molar-refractivity contribution is 6.21. The molecule has 0 atom stereocenters. The van der Waals surface area contributed by atoms with Crippen molar-refractivity contribution in [1.82, 2.24) is 4.90 Å². The van der Waals surface area contributed by atoms with Crippen molar-refractivity contribution >= 4 is 35.1 Å². The third kappa shape index (κ3) is 4.83. The summed E-state index contributed by atoms with van der Waals surface area (Å²) in [6.45, 7) is -0.285. The topological polar surface area (TPSA) is 96.0 Å². The molecule has 0 fully saturated rings. The van der Waals surface area contributed by atoms with Crippen LogP contribution in [0.3, 0.4) is 0 Å². The summed E-state index contributed by atoms with van der Waals surface area (Å²) in [5.74, 6) is -1.72. The van der Waals surface area contributed by atoms with Crippen molar-refractivity contribution in [1.29, 1.82) is 0 Å². The lowest BCUT2D eigenvalue weighted by molar-refractivity contribution is -0.147. The number of hydrogen-bond donors (Lipinski definition) is 1. The van der Waals surface area contributed by atoms with Gasteiger partial charge in [-0.2, -0.15) is 0 Å². The SMILES string of the molecule is CN(C)c1ccc(NC(=O)COC(=O)CCCN2C(=O)c3ccccc3C2=O)cc1. The molecular weight excluding hydrogens is 386 g/mol. The fourth-order valence-electron chi connectivity index (χ4n) is 3.08. The Labute approximate surface area is 174 Å². The number of benzene rings is 2. The summed E-state index contributed by atoms with van der Waals surface area (Å²) in [6.07, 6.45) is 0.260. The van der Waals surface area contributed by atoms with Gasteiger partial charge >= 0.3 is 5.97 Å². The maximum Gasteiger partial charge on any atom is 0.306 e. The first-order valence-corrected chi connectivity index (χ1v) is 9.55. The highest BCUT2D eigenvalue weighted by Crippen LogP contribution is 2.22. The van der Waals surface area contributed by atoms with Gasteiger partial charge in [0.05, 0.1) is 11.1 Å². The van der Waals surface area contributed by atoms with Gasteiger partial charge in [0.25, 0.3) is 17.7 Å². The number of carbonyl (C=O) groups excluding carboxylic acids is 4. The fraction of sp³-hybridized carbons (Fsp3) is 0.273. The highest BCUT2D eigenvalue weighted by atomic mass is 16.5. The number of rotatable bonds is 8. The summed E-state index contributed by atoms with van der Waals surface area (Å²) in [7, 11) is 3.84. The standard InChI is InChI=1S/C22H23N3O5/c1-24(2)16-11-9-15(10-12-16)23-19(26)14-30-20(27)8-5-13-25-21(28)17-6-3-4-7-18(17)22(25)29/h3-4,6-7,9-12H,5,8,13-14H2,1-2H3,(H,23,26). The quantitative estimate of drug-likeness (QED) is 0.531. The molecule has 1 N–H and O–H groups in total. The van der Waals surface area contributed by atoms with E-state index in [9.17, 15) is 19.2 Å². The second kappa shape index (κ2) is 9.21. The van der Waals surface area contributed by atoms with Gasteiger partial charge in [0.1, 0.15) is 0 Å². The third-order valence-electron chi connectivity index (χ3n) is 4.67. The van der Waals surface area contributed by atoms with Crippen molar-refractivity contribution in [2.75, 3.05) is 37.5 Å². The van der Waals surface area contributed by atoms with Crippen LogP contribution in [0.1, 0.15) is 33.6 Å². The van der Waals surface area contributed by atoms with E-state index in [0.29, 0.717) is 16.8 Å². The number of carbonyl (C=O) groups is 4. The van der Waals surface area contributed by atoms with E-state index in [1.165, 1.54) is 0 Å². The number of imide groups is 1. The molecule has 3 amide bonds. The number of nitrogens with zero attached hydrogens (tertiary/aromatic N) is 2. The normalized spacial score (nSPS) is 12.5. The summed E-state index contributed by atoms with van der Waals surface area (Å²) in [6, 6.07) is 13.9. The monoisotopic (exact) mass is 409 g/mol. The van der Waals surface area contributed by atoms with Crippen LogP contribution in [0, 0.1) is 0 Å². The molecule has 0 saturated heterocycles. The van der Waals surface area contributed by atoms with Crippen LogP contribution < -0.4 is 10.2 Å². The third-order valence-corrected chi connectivity index (χ3v) is 4.67. The van der Waals surface area contributed by atoms with Crippen molar-refractivity contribution in [2.24, 2.45) is 0 Å². The molecule has 1 heterocycles. The summed E-state index contributed by atoms with van der Waals surface area (Å²) in [4.78, 5) is 51.4. The zero-order valence-corrected chi connectivity index (χ0v) is 16.9. The van der Waals surface area contributed by atoms with Crippen LogP contribution in [-0.4, -0.2) is 55.8 Å². The molecule has 0 aromatic heterocycles. The average molecular weight is 409 g/mol. The lowest BCUT2D eigenvalue weighted by Gasteiger charge is -2.13. The number of hydrogen-bond acceptors (Lipinski definition) is 6. The van der Waals surface area contributed by atoms with Gasteiger partial charge in [0.15, 0.2) is 6.61 Å². The molecule has 1 aliphatic heterocycles. The Balaban J connectivity index is 1.38. The van der Waals surface area contributed by atoms with E-state index in [4.69, 9.17) is 4.74 Å². The van der Waals surface area contributed by atoms with Crippen LogP contribution in [0.4, 0.5) is 11.4 Å². The average Bonchev–Trinajstić information content (AvgIpc) is 2.98. The predicted molar refractivity (Wildman–Crippen MR) is 111 cm³/mol. The van der Waals surface area contributed by atoms with E-state index in [1.807, 2.05) is 31.1 Å². The lowest BCUT2D eigenvalue weighted by atomic mass is 10.1. The highest BCUT2D eigenvalue weighted by Gasteiger charge is 2.34. The minimum atomic E-state index is -0.565. The second-order valence-electron chi connectivity index (χ2n) is 7.06. The first kappa shape index (κ1) is 21.0. The molecule has 3 rings (SSSR count). The Morgan fingerprint density at radius 2 is 1.57 bits per heavy atom. The molecule has 0 saturated carbocycles. The van der Waals surface area contributed by atoms with Crippen LogP contribution in [0.5, 0.6) is 0 Å². The molecular formula is C22H23N3O5. The van der Waals surface area contributed by atoms with Gasteiger partial charge in [-0.15, -0.1) is 0 Å². The predicted octanol–water partition coefficient (Wildman–Crippen LogP) is 2.31. The maximum absolute atomic E-state index is 12.3. The van der Waals surface area contributed by atoms with E-state index in [-0.39, 0.29) is 31.2 Å². The van der Waals surface area contributed by atoms with Gasteiger partial charge in [-0.05, 0) is 42.8 Å². The number of nitrogens with one attached hydrogen (secondary N) is 1. The molecule has 2 aromatic carbocycles. The summed E-state index contributed by atoms with van der Waals surface area (Å²) in [5.41, 5.74) is 2.35. The fourth-order valence-corrected chi connectivity index (χ4v) is 3.08. The molecule has 0 unspecified atom stereocenters. The zero-order valence-electron chi connectivity index (χ0n) is 16.9. The Bertz CT molecular complexity index is 934. The Hall–Kier alpha value is -3.68. The van der Waals surface area contributed by atoms with Crippen LogP contribution in [0.15, 0.2) is 48.5 Å². The minimum Gasteiger partial charge on any atom is -0.456 e. The molecule has 8 heteroatoms. The summed E-state index contributed by atoms with van der Waals surface area (Å²) < 4.78 is 4.97. The van der Waals surface area contributed by atoms with Crippen LogP contribution in [0.2, 0.25) is 0 Å². The van der Waals surface area contributed by atoms with Crippen molar-refractivity contribution < 1.29 is 23.9 Å². The Morgan fingerprint density at radius 3 is 2.13 bits per heavy atom. The van der Waals surface area contributed by atoms with Crippen molar-refractivity contribution in [3.63, 3.8) is 0 Å². The van der Waals surface area contributed by atoms with Crippen molar-refractivity contribution in [2.45, 2.75) is 12.8 Å². The number of fused-ring (bicyclic) bond motifs is 1. The summed E-state index contributed by atoms with van der Waals surface area (Å²) in [5, 5.41) is 2.65. The lowest BCUT2D eigenvalue weighted by Crippen LogP contribution is -2.31. The minimum absolute atomic E-state index is 0.00177. The van der Waals surface area contributed by atoms with Gasteiger partial charge in [0, 0.05) is 38.4 Å². The van der Waals surface area contributed by atoms with E-state index in [1.54, 1.807) is 36.4 Å². The van der Waals surface area contributed by atoms with E-state index >= 15 is 0 Å². The van der Waals surface area contributed by atoms with Gasteiger partial charge in [-0.25, -0.2) is 0 Å². The first-order valence-electron chi connectivity index (χ1n) is 9.55. The molecule has 1 aliphatic rings. The number of anilines is 2. The van der Waals surface area contributed by atoms with Gasteiger partial charge in [-0.1, -0.05) is 12.1 Å². The van der Waals surface area contributed by atoms with Gasteiger partial charge in [-0.3, -0.25) is 24.1 Å². The molecule has 30 heavy (non-hydrogen) atoms. The molecule has 0 bridgehead atoms. The van der Waals surface area contributed by atoms with Crippen molar-refractivity contribution in [3.05, 3.63) is 59.7 Å². The van der Waals surface area contributed by atoms with Gasteiger partial charge in [0.2, 0.25) is 0 Å². The van der Waals surface area contributed by atoms with E-state index in [2.05, 4.69) is 5.32 Å². The largest absolute Gasteiger partial charge is 0.456 e. The maximum atomic E-state index is 12.3. The Morgan fingerprint density at radius 1 is 0.967 bits per heavy atom. The van der Waals surface area contributed by atoms with Gasteiger partial charge < -0.3 is 15.0 Å².